The van der Waals surface area contributed by atoms with Crippen LogP contribution >= 0.6 is 11.6 Å². The third kappa shape index (κ3) is 4.24. The number of nitrogens with two attached hydrogens (primary N) is 1. The summed E-state index contributed by atoms with van der Waals surface area (Å²) in [6, 6.07) is 11.9. The second-order valence-electron chi connectivity index (χ2n) is 6.13. The van der Waals surface area contributed by atoms with Crippen molar-refractivity contribution in [2.24, 2.45) is 10.7 Å². The number of benzene rings is 2. The molecule has 142 valence electrons. The number of aliphatic imine (C=N–C) groups is 1. The lowest BCUT2D eigenvalue weighted by molar-refractivity contribution is -0.385. The number of primary amides is 1. The van der Waals surface area contributed by atoms with Gasteiger partial charge in [-0.1, -0.05) is 35.9 Å². The maximum Gasteiger partial charge on any atom is 0.272 e. The van der Waals surface area contributed by atoms with Gasteiger partial charge in [-0.2, -0.15) is 5.10 Å². The van der Waals surface area contributed by atoms with E-state index in [0.29, 0.717) is 28.3 Å². The highest BCUT2D eigenvalue weighted by Crippen LogP contribution is 2.23. The van der Waals surface area contributed by atoms with Crippen LogP contribution in [-0.2, 0) is 6.42 Å². The molecule has 3 rings (SSSR count). The molecule has 0 atom stereocenters. The van der Waals surface area contributed by atoms with Gasteiger partial charge in [-0.15, -0.1) is 0 Å². The molecule has 3 N–H and O–H groups in total. The maximum absolute atomic E-state index is 11.9. The predicted octanol–water partition coefficient (Wildman–Crippen LogP) is 3.72. The summed E-state index contributed by atoms with van der Waals surface area (Å²) in [7, 11) is 0. The van der Waals surface area contributed by atoms with E-state index in [-0.39, 0.29) is 17.1 Å². The van der Waals surface area contributed by atoms with Crippen molar-refractivity contribution in [3.63, 3.8) is 0 Å². The number of aryl methyl sites for hydroxylation is 1. The third-order valence-electron chi connectivity index (χ3n) is 4.10. The molecule has 0 aliphatic heterocycles. The lowest BCUT2D eigenvalue weighted by Gasteiger charge is -2.02. The lowest BCUT2D eigenvalue weighted by Crippen LogP contribution is -2.13. The highest BCUT2D eigenvalue weighted by Gasteiger charge is 2.18. The molecule has 8 nitrogen and oxygen atoms in total. The van der Waals surface area contributed by atoms with Crippen molar-refractivity contribution in [2.75, 3.05) is 0 Å². The van der Waals surface area contributed by atoms with Gasteiger partial charge >= 0.3 is 0 Å². The van der Waals surface area contributed by atoms with E-state index in [1.165, 1.54) is 12.3 Å². The second-order valence-corrected chi connectivity index (χ2v) is 6.57. The highest BCUT2D eigenvalue weighted by molar-refractivity contribution is 6.30. The van der Waals surface area contributed by atoms with E-state index < -0.39 is 10.8 Å². The third-order valence-corrected chi connectivity index (χ3v) is 4.34. The average molecular weight is 398 g/mol. The number of nitro benzene ring substituents is 1. The van der Waals surface area contributed by atoms with E-state index in [1.54, 1.807) is 37.3 Å². The molecule has 1 heterocycles. The average Bonchev–Trinajstić information content (AvgIpc) is 3.03. The molecule has 0 saturated carbocycles. The van der Waals surface area contributed by atoms with Crippen LogP contribution in [0, 0.1) is 17.0 Å². The summed E-state index contributed by atoms with van der Waals surface area (Å²) in [5, 5.41) is 18.5. The number of aromatic nitrogens is 2. The van der Waals surface area contributed by atoms with Crippen LogP contribution in [0.4, 0.5) is 11.5 Å². The van der Waals surface area contributed by atoms with Crippen LogP contribution in [0.15, 0.2) is 47.5 Å². The topological polar surface area (TPSA) is 127 Å². The van der Waals surface area contributed by atoms with Crippen molar-refractivity contribution in [2.45, 2.75) is 13.3 Å². The second kappa shape index (κ2) is 8.01. The molecule has 3 aromatic rings. The smallest absolute Gasteiger partial charge is 0.272 e. The number of nitrogens with one attached hydrogen (secondary N) is 1. The van der Waals surface area contributed by atoms with Gasteiger partial charge in [0.15, 0.2) is 5.82 Å². The number of rotatable bonds is 6. The molecule has 0 radical (unpaired) electrons. The molecule has 2 aromatic carbocycles. The summed E-state index contributed by atoms with van der Waals surface area (Å²) < 4.78 is 0. The fraction of sp³-hybridized carbons (Fsp3) is 0.105. The van der Waals surface area contributed by atoms with Gasteiger partial charge in [0.2, 0.25) is 0 Å². The zero-order chi connectivity index (χ0) is 20.3. The summed E-state index contributed by atoms with van der Waals surface area (Å²) in [5.74, 6) is -0.555. The molecular weight excluding hydrogens is 382 g/mol. The highest BCUT2D eigenvalue weighted by atomic mass is 35.5. The van der Waals surface area contributed by atoms with Crippen LogP contribution in [-0.4, -0.2) is 27.2 Å². The molecule has 1 aromatic heterocycles. The SMILES string of the molecule is Cc1ccc(C=Nc2n[nH]c(Cc3cccc(Cl)c3)c2C(N)=O)cc1[N+](=O)[O-]. The van der Waals surface area contributed by atoms with Crippen molar-refractivity contribution in [3.05, 3.63) is 85.5 Å². The molecule has 28 heavy (non-hydrogen) atoms. The van der Waals surface area contributed by atoms with Gasteiger partial charge in [0.1, 0.15) is 5.56 Å². The zero-order valence-electron chi connectivity index (χ0n) is 14.8. The Labute approximate surface area is 165 Å². The fourth-order valence-electron chi connectivity index (χ4n) is 2.74. The minimum absolute atomic E-state index is 0.0113. The summed E-state index contributed by atoms with van der Waals surface area (Å²) in [4.78, 5) is 26.7. The lowest BCUT2D eigenvalue weighted by atomic mass is 10.1. The van der Waals surface area contributed by atoms with Crippen LogP contribution < -0.4 is 5.73 Å². The molecule has 0 spiro atoms. The van der Waals surface area contributed by atoms with E-state index >= 15 is 0 Å². The zero-order valence-corrected chi connectivity index (χ0v) is 15.6. The standard InChI is InChI=1S/C19H16ClN5O3/c1-11-5-6-13(9-16(11)25(27)28)10-22-19-17(18(21)26)15(23-24-19)8-12-3-2-4-14(20)7-12/h2-7,9-10H,8H2,1H3,(H2,21,26)(H,23,24). The van der Waals surface area contributed by atoms with E-state index in [4.69, 9.17) is 17.3 Å². The molecule has 0 unspecified atom stereocenters. The number of nitrogens with zero attached hydrogens (tertiary/aromatic N) is 3. The van der Waals surface area contributed by atoms with E-state index in [2.05, 4.69) is 15.2 Å². The number of carbonyl (C=O) groups excluding carboxylic acids is 1. The van der Waals surface area contributed by atoms with Crippen molar-refractivity contribution in [3.8, 4) is 0 Å². The normalized spacial score (nSPS) is 11.1. The number of nitro groups is 1. The van der Waals surface area contributed by atoms with Gasteiger partial charge in [-0.3, -0.25) is 20.0 Å². The number of H-pyrrole nitrogens is 1. The summed E-state index contributed by atoms with van der Waals surface area (Å²) in [5.41, 5.74) is 8.10. The van der Waals surface area contributed by atoms with Gasteiger partial charge in [0.25, 0.3) is 11.6 Å². The molecule has 0 saturated heterocycles. The van der Waals surface area contributed by atoms with Crippen LogP contribution in [0.2, 0.25) is 5.02 Å². The molecular formula is C19H16ClN5O3. The molecule has 0 aliphatic rings. The fourth-order valence-corrected chi connectivity index (χ4v) is 2.95. The van der Waals surface area contributed by atoms with E-state index in [0.717, 1.165) is 5.56 Å². The number of amides is 1. The van der Waals surface area contributed by atoms with Crippen LogP contribution in [0.3, 0.4) is 0 Å². The largest absolute Gasteiger partial charge is 0.365 e. The van der Waals surface area contributed by atoms with Crippen LogP contribution in [0.5, 0.6) is 0 Å². The number of carbonyl (C=O) groups is 1. The molecule has 1 amide bonds. The Bertz CT molecular complexity index is 1090. The minimum Gasteiger partial charge on any atom is -0.365 e. The number of halogens is 1. The van der Waals surface area contributed by atoms with Crippen LogP contribution in [0.25, 0.3) is 0 Å². The van der Waals surface area contributed by atoms with Gasteiger partial charge < -0.3 is 5.73 Å². The van der Waals surface area contributed by atoms with Crippen molar-refractivity contribution in [1.82, 2.24) is 10.2 Å². The van der Waals surface area contributed by atoms with Gasteiger partial charge in [0.05, 0.1) is 10.6 Å². The van der Waals surface area contributed by atoms with E-state index in [9.17, 15) is 14.9 Å². The quantitative estimate of drug-likeness (QED) is 0.373. The predicted molar refractivity (Wildman–Crippen MR) is 106 cm³/mol. The summed E-state index contributed by atoms with van der Waals surface area (Å²) in [6.45, 7) is 1.65. The number of hydrogen-bond donors (Lipinski definition) is 2. The maximum atomic E-state index is 11.9. The summed E-state index contributed by atoms with van der Waals surface area (Å²) >= 11 is 5.99. The Morgan fingerprint density at radius 2 is 2.14 bits per heavy atom. The first-order valence-corrected chi connectivity index (χ1v) is 8.63. The van der Waals surface area contributed by atoms with Crippen molar-refractivity contribution in [1.29, 1.82) is 0 Å². The summed E-state index contributed by atoms with van der Waals surface area (Å²) in [6.07, 6.45) is 1.77. The van der Waals surface area contributed by atoms with Gasteiger partial charge in [0, 0.05) is 29.3 Å². The Balaban J connectivity index is 1.92. The Morgan fingerprint density at radius 3 is 2.82 bits per heavy atom. The minimum atomic E-state index is -0.673. The molecule has 0 fully saturated rings. The monoisotopic (exact) mass is 397 g/mol. The van der Waals surface area contributed by atoms with Crippen LogP contribution in [0.1, 0.15) is 32.7 Å². The molecule has 0 bridgehead atoms. The van der Waals surface area contributed by atoms with Crippen molar-refractivity contribution >= 4 is 35.2 Å². The van der Waals surface area contributed by atoms with Gasteiger partial charge in [-0.05, 0) is 30.2 Å². The molecule has 0 aliphatic carbocycles. The first-order valence-electron chi connectivity index (χ1n) is 8.25. The Morgan fingerprint density at radius 1 is 1.36 bits per heavy atom. The Kier molecular flexibility index (Phi) is 5.51. The molecule has 9 heteroatoms. The number of aromatic amines is 1. The first-order chi connectivity index (χ1) is 13.3. The Hall–Kier alpha value is -3.52. The van der Waals surface area contributed by atoms with Gasteiger partial charge in [-0.25, -0.2) is 4.99 Å². The van der Waals surface area contributed by atoms with Crippen molar-refractivity contribution < 1.29 is 9.72 Å². The van der Waals surface area contributed by atoms with E-state index in [1.807, 2.05) is 6.07 Å². The number of hydrogen-bond acceptors (Lipinski definition) is 5. The first kappa shape index (κ1) is 19.2.